The minimum atomic E-state index is 0.273. The lowest BCUT2D eigenvalue weighted by atomic mass is 10.3. The summed E-state index contributed by atoms with van der Waals surface area (Å²) in [7, 11) is 1.53. The Hall–Kier alpha value is -1.63. The molecule has 0 bridgehead atoms. The number of nitrogen functional groups attached to an aromatic ring is 1. The third kappa shape index (κ3) is 2.98. The van der Waals surface area contributed by atoms with Gasteiger partial charge in [0.2, 0.25) is 11.9 Å². The lowest BCUT2D eigenvalue weighted by Crippen LogP contribution is -2.34. The molecule has 0 saturated heterocycles. The van der Waals surface area contributed by atoms with Crippen molar-refractivity contribution in [1.82, 2.24) is 15.0 Å². The summed E-state index contributed by atoms with van der Waals surface area (Å²) in [5.74, 6) is 7.04. The van der Waals surface area contributed by atoms with E-state index in [0.717, 1.165) is 12.5 Å². The molecule has 7 nitrogen and oxygen atoms in total. The maximum Gasteiger partial charge on any atom is 0.322 e. The first kappa shape index (κ1) is 12.8. The molecule has 0 spiro atoms. The van der Waals surface area contributed by atoms with Crippen molar-refractivity contribution in [2.24, 2.45) is 11.8 Å². The Morgan fingerprint density at radius 2 is 2.11 bits per heavy atom. The van der Waals surface area contributed by atoms with Crippen LogP contribution in [0.2, 0.25) is 0 Å². The van der Waals surface area contributed by atoms with Gasteiger partial charge in [0.1, 0.15) is 0 Å². The van der Waals surface area contributed by atoms with Crippen LogP contribution in [0.15, 0.2) is 0 Å². The van der Waals surface area contributed by atoms with E-state index in [0.29, 0.717) is 17.9 Å². The molecule has 100 valence electrons. The number of aromatic nitrogens is 3. The van der Waals surface area contributed by atoms with E-state index in [-0.39, 0.29) is 6.01 Å². The number of nitrogens with zero attached hydrogens (tertiary/aromatic N) is 4. The third-order valence-corrected chi connectivity index (χ3v) is 2.95. The number of nitrogens with two attached hydrogens (primary N) is 1. The van der Waals surface area contributed by atoms with Crippen molar-refractivity contribution in [1.29, 1.82) is 0 Å². The van der Waals surface area contributed by atoms with Crippen LogP contribution in [0.3, 0.4) is 0 Å². The van der Waals surface area contributed by atoms with Gasteiger partial charge < -0.3 is 9.64 Å². The Kier molecular flexibility index (Phi) is 3.81. The van der Waals surface area contributed by atoms with Gasteiger partial charge in [-0.2, -0.15) is 15.0 Å². The van der Waals surface area contributed by atoms with E-state index in [2.05, 4.69) is 39.1 Å². The summed E-state index contributed by atoms with van der Waals surface area (Å²) in [6.07, 6.45) is 2.57. The molecule has 1 fully saturated rings. The lowest BCUT2D eigenvalue weighted by Gasteiger charge is -2.26. The highest BCUT2D eigenvalue weighted by Gasteiger charge is 2.27. The van der Waals surface area contributed by atoms with Crippen LogP contribution in [0.4, 0.5) is 11.9 Å². The fourth-order valence-electron chi connectivity index (χ4n) is 1.73. The highest BCUT2D eigenvalue weighted by atomic mass is 16.5. The molecule has 1 aliphatic rings. The first-order valence-corrected chi connectivity index (χ1v) is 6.17. The number of hydrazine groups is 1. The lowest BCUT2D eigenvalue weighted by molar-refractivity contribution is 0.378. The molecule has 7 heteroatoms. The second kappa shape index (κ2) is 5.34. The van der Waals surface area contributed by atoms with Gasteiger partial charge in [-0.1, -0.05) is 0 Å². The first-order chi connectivity index (χ1) is 8.63. The van der Waals surface area contributed by atoms with Crippen LogP contribution >= 0.6 is 0 Å². The van der Waals surface area contributed by atoms with Crippen LogP contribution in [0.5, 0.6) is 6.01 Å². The molecular formula is C11H20N6O. The fourth-order valence-corrected chi connectivity index (χ4v) is 1.73. The van der Waals surface area contributed by atoms with Crippen LogP contribution < -0.4 is 20.9 Å². The Balaban J connectivity index is 2.26. The normalized spacial score (nSPS) is 14.7. The van der Waals surface area contributed by atoms with Gasteiger partial charge in [-0.05, 0) is 32.6 Å². The van der Waals surface area contributed by atoms with Crippen LogP contribution in [-0.4, -0.2) is 34.6 Å². The van der Waals surface area contributed by atoms with Crippen molar-refractivity contribution in [3.63, 3.8) is 0 Å². The molecule has 3 N–H and O–H groups in total. The van der Waals surface area contributed by atoms with Gasteiger partial charge in [-0.15, -0.1) is 0 Å². The van der Waals surface area contributed by atoms with Crippen LogP contribution in [-0.2, 0) is 0 Å². The molecule has 0 unspecified atom stereocenters. The monoisotopic (exact) mass is 252 g/mol. The predicted molar refractivity (Wildman–Crippen MR) is 69.4 cm³/mol. The van der Waals surface area contributed by atoms with Crippen LogP contribution in [0.25, 0.3) is 0 Å². The fraction of sp³-hybridized carbons (Fsp3) is 0.727. The standard InChI is InChI=1S/C11H20N6O/c1-7(2)17(6-8-4-5-8)10-13-9(16-12)14-11(15-10)18-3/h7-8H,4-6,12H2,1-3H3,(H,13,14,15,16). The molecule has 18 heavy (non-hydrogen) atoms. The number of hydrogen-bond donors (Lipinski definition) is 2. The maximum absolute atomic E-state index is 5.36. The number of nitrogens with one attached hydrogen (secondary N) is 1. The highest BCUT2D eigenvalue weighted by molar-refractivity contribution is 5.38. The van der Waals surface area contributed by atoms with E-state index in [1.165, 1.54) is 20.0 Å². The minimum Gasteiger partial charge on any atom is -0.467 e. The molecular weight excluding hydrogens is 232 g/mol. The van der Waals surface area contributed by atoms with Crippen molar-refractivity contribution in [3.8, 4) is 6.01 Å². The smallest absolute Gasteiger partial charge is 0.322 e. The summed E-state index contributed by atoms with van der Waals surface area (Å²) in [5.41, 5.74) is 2.44. The summed E-state index contributed by atoms with van der Waals surface area (Å²) >= 11 is 0. The Bertz CT molecular complexity index is 384. The van der Waals surface area contributed by atoms with Crippen molar-refractivity contribution < 1.29 is 4.74 Å². The average Bonchev–Trinajstić information content (AvgIpc) is 3.18. The predicted octanol–water partition coefficient (Wildman–Crippen LogP) is 0.791. The van der Waals surface area contributed by atoms with Crippen molar-refractivity contribution in [2.45, 2.75) is 32.7 Å². The van der Waals surface area contributed by atoms with Gasteiger partial charge in [0, 0.05) is 12.6 Å². The van der Waals surface area contributed by atoms with Gasteiger partial charge in [-0.25, -0.2) is 5.84 Å². The van der Waals surface area contributed by atoms with Crippen molar-refractivity contribution >= 4 is 11.9 Å². The highest BCUT2D eigenvalue weighted by Crippen LogP contribution is 2.31. The van der Waals surface area contributed by atoms with E-state index in [1.807, 2.05) is 0 Å². The third-order valence-electron chi connectivity index (χ3n) is 2.95. The second-order valence-electron chi connectivity index (χ2n) is 4.78. The van der Waals surface area contributed by atoms with E-state index in [9.17, 15) is 0 Å². The number of methoxy groups -OCH3 is 1. The number of rotatable bonds is 6. The maximum atomic E-state index is 5.36. The molecule has 1 aromatic heterocycles. The van der Waals surface area contributed by atoms with E-state index >= 15 is 0 Å². The molecule has 2 rings (SSSR count). The van der Waals surface area contributed by atoms with Crippen molar-refractivity contribution in [3.05, 3.63) is 0 Å². The Labute approximate surface area is 107 Å². The number of anilines is 2. The van der Waals surface area contributed by atoms with Gasteiger partial charge in [-0.3, -0.25) is 5.43 Å². The molecule has 0 aromatic carbocycles. The number of ether oxygens (including phenoxy) is 1. The summed E-state index contributed by atoms with van der Waals surface area (Å²) in [5, 5.41) is 0. The zero-order valence-electron chi connectivity index (χ0n) is 11.1. The average molecular weight is 252 g/mol. The zero-order chi connectivity index (χ0) is 13.1. The molecule has 0 radical (unpaired) electrons. The SMILES string of the molecule is COc1nc(NN)nc(N(CC2CC2)C(C)C)n1. The van der Waals surface area contributed by atoms with Gasteiger partial charge in [0.05, 0.1) is 7.11 Å². The molecule has 1 saturated carbocycles. The summed E-state index contributed by atoms with van der Waals surface area (Å²) in [4.78, 5) is 14.7. The summed E-state index contributed by atoms with van der Waals surface area (Å²) in [6, 6.07) is 0.595. The Morgan fingerprint density at radius 1 is 1.39 bits per heavy atom. The topological polar surface area (TPSA) is 89.2 Å². The second-order valence-corrected chi connectivity index (χ2v) is 4.78. The van der Waals surface area contributed by atoms with Gasteiger partial charge in [0.15, 0.2) is 0 Å². The largest absolute Gasteiger partial charge is 0.467 e. The number of hydrogen-bond acceptors (Lipinski definition) is 7. The summed E-state index contributed by atoms with van der Waals surface area (Å²) in [6.45, 7) is 5.21. The minimum absolute atomic E-state index is 0.273. The molecule has 1 heterocycles. The van der Waals surface area contributed by atoms with Crippen LogP contribution in [0.1, 0.15) is 26.7 Å². The van der Waals surface area contributed by atoms with E-state index in [4.69, 9.17) is 10.6 Å². The summed E-state index contributed by atoms with van der Waals surface area (Å²) < 4.78 is 5.06. The molecule has 0 aliphatic heterocycles. The van der Waals surface area contributed by atoms with Crippen LogP contribution in [0, 0.1) is 5.92 Å². The van der Waals surface area contributed by atoms with Gasteiger partial charge in [0.25, 0.3) is 0 Å². The Morgan fingerprint density at radius 3 is 2.61 bits per heavy atom. The van der Waals surface area contributed by atoms with Gasteiger partial charge >= 0.3 is 6.01 Å². The molecule has 1 aromatic rings. The molecule has 0 atom stereocenters. The zero-order valence-corrected chi connectivity index (χ0v) is 11.1. The molecule has 1 aliphatic carbocycles. The van der Waals surface area contributed by atoms with E-state index in [1.54, 1.807) is 0 Å². The quantitative estimate of drug-likeness (QED) is 0.571. The molecule has 0 amide bonds. The van der Waals surface area contributed by atoms with E-state index < -0.39 is 0 Å². The first-order valence-electron chi connectivity index (χ1n) is 6.17. The van der Waals surface area contributed by atoms with Crippen molar-refractivity contribution in [2.75, 3.05) is 24.0 Å².